The van der Waals surface area contributed by atoms with Crippen molar-refractivity contribution in [1.82, 2.24) is 0 Å². The number of nitrogens with zero attached hydrogens (tertiary/aromatic N) is 2. The zero-order valence-electron chi connectivity index (χ0n) is 17.2. The average Bonchev–Trinajstić information content (AvgIpc) is 3.26. The maximum atomic E-state index is 13.6. The fourth-order valence-electron chi connectivity index (χ4n) is 4.52. The Labute approximate surface area is 180 Å². The van der Waals surface area contributed by atoms with Crippen molar-refractivity contribution < 1.29 is 19.5 Å². The minimum Gasteiger partial charge on any atom is -0.508 e. The van der Waals surface area contributed by atoms with Crippen molar-refractivity contribution >= 4 is 23.2 Å². The number of phenols is 1. The van der Waals surface area contributed by atoms with E-state index in [1.54, 1.807) is 29.3 Å². The van der Waals surface area contributed by atoms with Crippen molar-refractivity contribution in [2.75, 3.05) is 9.96 Å². The number of para-hydroxylation sites is 1. The fourth-order valence-corrected chi connectivity index (χ4v) is 4.52. The molecule has 3 unspecified atom stereocenters. The molecule has 6 heteroatoms. The van der Waals surface area contributed by atoms with Crippen molar-refractivity contribution in [2.24, 2.45) is 5.92 Å². The summed E-state index contributed by atoms with van der Waals surface area (Å²) in [5.74, 6) is -1.20. The van der Waals surface area contributed by atoms with E-state index in [-0.39, 0.29) is 17.6 Å². The lowest BCUT2D eigenvalue weighted by atomic mass is 9.90. The number of aromatic hydroxyl groups is 1. The number of fused-ring (bicyclic) bond motifs is 1. The molecular formula is C25H22N2O4. The van der Waals surface area contributed by atoms with Gasteiger partial charge in [0, 0.05) is 0 Å². The third-order valence-electron chi connectivity index (χ3n) is 5.95. The molecule has 0 spiro atoms. The van der Waals surface area contributed by atoms with Crippen LogP contribution in [0, 0.1) is 19.8 Å². The summed E-state index contributed by atoms with van der Waals surface area (Å²) in [4.78, 5) is 34.4. The van der Waals surface area contributed by atoms with E-state index >= 15 is 0 Å². The van der Waals surface area contributed by atoms with Crippen LogP contribution in [0.1, 0.15) is 22.7 Å². The summed E-state index contributed by atoms with van der Waals surface area (Å²) in [5.41, 5.74) is 4.07. The molecule has 0 bridgehead atoms. The van der Waals surface area contributed by atoms with E-state index in [0.29, 0.717) is 5.69 Å². The Hall–Kier alpha value is -3.64. The number of aryl methyl sites for hydroxylation is 2. The number of amides is 2. The standard InChI is InChI=1S/C25H22N2O4/c1-15-8-13-20(16(2)14-15)26-24(29)21-22(17-9-11-19(28)12-10-17)27(31-23(21)25(26)30)18-6-4-3-5-7-18/h3-14,21-23,28H,1-2H3. The zero-order valence-corrected chi connectivity index (χ0v) is 17.2. The predicted octanol–water partition coefficient (Wildman–Crippen LogP) is 4.06. The van der Waals surface area contributed by atoms with Crippen LogP contribution in [0.3, 0.4) is 0 Å². The first-order valence-corrected chi connectivity index (χ1v) is 10.2. The van der Waals surface area contributed by atoms with Crippen molar-refractivity contribution in [3.05, 3.63) is 89.5 Å². The number of anilines is 2. The number of hydrogen-bond donors (Lipinski definition) is 1. The first-order valence-electron chi connectivity index (χ1n) is 10.2. The summed E-state index contributed by atoms with van der Waals surface area (Å²) in [6.07, 6.45) is -0.910. The summed E-state index contributed by atoms with van der Waals surface area (Å²) in [7, 11) is 0. The summed E-state index contributed by atoms with van der Waals surface area (Å²) in [5, 5.41) is 11.4. The highest BCUT2D eigenvalue weighted by molar-refractivity contribution is 6.24. The second kappa shape index (κ2) is 7.25. The van der Waals surface area contributed by atoms with Crippen molar-refractivity contribution in [3.63, 3.8) is 0 Å². The number of phenolic OH excluding ortho intramolecular Hbond substituents is 1. The Bertz CT molecular complexity index is 1160. The lowest BCUT2D eigenvalue weighted by molar-refractivity contribution is -0.126. The number of imide groups is 1. The Kier molecular flexibility index (Phi) is 4.52. The van der Waals surface area contributed by atoms with E-state index in [9.17, 15) is 14.7 Å². The quantitative estimate of drug-likeness (QED) is 0.655. The van der Waals surface area contributed by atoms with Crippen molar-refractivity contribution in [2.45, 2.75) is 26.0 Å². The summed E-state index contributed by atoms with van der Waals surface area (Å²) in [6.45, 7) is 3.87. The average molecular weight is 414 g/mol. The highest BCUT2D eigenvalue weighted by Crippen LogP contribution is 2.48. The molecule has 0 aliphatic carbocycles. The van der Waals surface area contributed by atoms with Crippen molar-refractivity contribution in [1.29, 1.82) is 0 Å². The monoisotopic (exact) mass is 414 g/mol. The van der Waals surface area contributed by atoms with Crippen LogP contribution in [-0.2, 0) is 14.4 Å². The van der Waals surface area contributed by atoms with E-state index in [0.717, 1.165) is 22.4 Å². The molecule has 2 aliphatic rings. The van der Waals surface area contributed by atoms with Crippen LogP contribution < -0.4 is 9.96 Å². The molecule has 3 aromatic carbocycles. The van der Waals surface area contributed by atoms with E-state index in [4.69, 9.17) is 4.84 Å². The molecular weight excluding hydrogens is 392 g/mol. The van der Waals surface area contributed by atoms with Gasteiger partial charge in [-0.25, -0.2) is 9.96 Å². The van der Waals surface area contributed by atoms with E-state index in [1.807, 2.05) is 62.4 Å². The Balaban J connectivity index is 1.59. The molecule has 2 amide bonds. The molecule has 2 saturated heterocycles. The van der Waals surface area contributed by atoms with Gasteiger partial charge in [-0.1, -0.05) is 48.0 Å². The smallest absolute Gasteiger partial charge is 0.266 e. The second-order valence-electron chi connectivity index (χ2n) is 8.05. The third kappa shape index (κ3) is 3.07. The molecule has 31 heavy (non-hydrogen) atoms. The van der Waals surface area contributed by atoms with Gasteiger partial charge in [-0.15, -0.1) is 0 Å². The molecule has 1 N–H and O–H groups in total. The van der Waals surface area contributed by atoms with Gasteiger partial charge >= 0.3 is 0 Å². The van der Waals surface area contributed by atoms with Crippen LogP contribution in [-0.4, -0.2) is 23.0 Å². The van der Waals surface area contributed by atoms with Gasteiger partial charge in [-0.2, -0.15) is 0 Å². The summed E-state index contributed by atoms with van der Waals surface area (Å²) in [6, 6.07) is 21.3. The first-order chi connectivity index (χ1) is 15.0. The van der Waals surface area contributed by atoms with Gasteiger partial charge in [0.25, 0.3) is 5.91 Å². The minimum absolute atomic E-state index is 0.135. The van der Waals surface area contributed by atoms with E-state index in [1.165, 1.54) is 4.90 Å². The number of carbonyl (C=O) groups excluding carboxylic acids is 2. The number of carbonyl (C=O) groups is 2. The second-order valence-corrected chi connectivity index (χ2v) is 8.05. The highest BCUT2D eigenvalue weighted by atomic mass is 16.7. The normalized spacial score (nSPS) is 22.8. The third-order valence-corrected chi connectivity index (χ3v) is 5.95. The molecule has 0 aromatic heterocycles. The first kappa shape index (κ1) is 19.3. The molecule has 0 radical (unpaired) electrons. The number of benzene rings is 3. The largest absolute Gasteiger partial charge is 0.508 e. The van der Waals surface area contributed by atoms with Crippen LogP contribution in [0.2, 0.25) is 0 Å². The molecule has 2 fully saturated rings. The number of hydrogen-bond acceptors (Lipinski definition) is 5. The topological polar surface area (TPSA) is 70.1 Å². The zero-order chi connectivity index (χ0) is 21.7. The van der Waals surface area contributed by atoms with Crippen LogP contribution >= 0.6 is 0 Å². The van der Waals surface area contributed by atoms with Gasteiger partial charge in [0.2, 0.25) is 5.91 Å². The molecule has 3 atom stereocenters. The lowest BCUT2D eigenvalue weighted by Crippen LogP contribution is -2.37. The van der Waals surface area contributed by atoms with E-state index in [2.05, 4.69) is 0 Å². The number of rotatable bonds is 3. The maximum Gasteiger partial charge on any atom is 0.266 e. The maximum absolute atomic E-state index is 13.6. The Morgan fingerprint density at radius 2 is 1.58 bits per heavy atom. The van der Waals surface area contributed by atoms with Crippen LogP contribution in [0.15, 0.2) is 72.8 Å². The lowest BCUT2D eigenvalue weighted by Gasteiger charge is -2.29. The van der Waals surface area contributed by atoms with Crippen LogP contribution in [0.5, 0.6) is 5.75 Å². The van der Waals surface area contributed by atoms with Crippen LogP contribution in [0.4, 0.5) is 11.4 Å². The molecule has 3 aromatic rings. The SMILES string of the molecule is Cc1ccc(N2C(=O)C3ON(c4ccccc4)C(c4ccc(O)cc4)C3C2=O)c(C)c1. The molecule has 2 heterocycles. The Morgan fingerprint density at radius 3 is 2.26 bits per heavy atom. The van der Waals surface area contributed by atoms with Gasteiger partial charge < -0.3 is 5.11 Å². The minimum atomic E-state index is -0.910. The molecule has 156 valence electrons. The predicted molar refractivity (Wildman–Crippen MR) is 117 cm³/mol. The van der Waals surface area contributed by atoms with Gasteiger partial charge in [-0.05, 0) is 55.3 Å². The molecule has 5 rings (SSSR count). The highest BCUT2D eigenvalue weighted by Gasteiger charge is 2.60. The van der Waals surface area contributed by atoms with Crippen molar-refractivity contribution in [3.8, 4) is 5.75 Å². The van der Waals surface area contributed by atoms with Gasteiger partial charge in [0.15, 0.2) is 6.10 Å². The fraction of sp³-hybridized carbons (Fsp3) is 0.200. The van der Waals surface area contributed by atoms with Crippen LogP contribution in [0.25, 0.3) is 0 Å². The summed E-state index contributed by atoms with van der Waals surface area (Å²) >= 11 is 0. The Morgan fingerprint density at radius 1 is 0.871 bits per heavy atom. The summed E-state index contributed by atoms with van der Waals surface area (Å²) < 4.78 is 0. The molecule has 6 nitrogen and oxygen atoms in total. The van der Waals surface area contributed by atoms with Gasteiger partial charge in [0.05, 0.1) is 17.4 Å². The number of hydroxylamine groups is 1. The molecule has 2 aliphatic heterocycles. The van der Waals surface area contributed by atoms with Gasteiger partial charge in [-0.3, -0.25) is 14.4 Å². The van der Waals surface area contributed by atoms with Gasteiger partial charge in [0.1, 0.15) is 11.7 Å². The van der Waals surface area contributed by atoms with E-state index < -0.39 is 18.1 Å². The molecule has 0 saturated carbocycles.